The molecule has 0 aromatic carbocycles. The van der Waals surface area contributed by atoms with E-state index in [0.29, 0.717) is 17.4 Å². The van der Waals surface area contributed by atoms with E-state index >= 15 is 0 Å². The van der Waals surface area contributed by atoms with E-state index in [0.717, 1.165) is 14.7 Å². The molecule has 0 aliphatic rings. The van der Waals surface area contributed by atoms with Gasteiger partial charge in [-0.05, 0) is 41.6 Å². The normalized spacial score (nSPS) is 10.9. The fourth-order valence-electron chi connectivity index (χ4n) is 1.71. The minimum Gasteiger partial charge on any atom is -0.461 e. The van der Waals surface area contributed by atoms with Crippen LogP contribution in [0.15, 0.2) is 23.7 Å². The number of fused-ring (bicyclic) bond motifs is 1. The van der Waals surface area contributed by atoms with Gasteiger partial charge in [0.2, 0.25) is 5.13 Å². The zero-order valence-corrected chi connectivity index (χ0v) is 13.4. The third-order valence-electron chi connectivity index (χ3n) is 2.56. The Morgan fingerprint density at radius 2 is 2.40 bits per heavy atom. The molecule has 0 unspecified atom stereocenters. The Bertz CT molecular complexity index is 783. The lowest BCUT2D eigenvalue weighted by Gasteiger charge is -1.97. The van der Waals surface area contributed by atoms with E-state index in [9.17, 15) is 4.79 Å². The Labute approximate surface area is 131 Å². The van der Waals surface area contributed by atoms with Crippen LogP contribution < -0.4 is 0 Å². The van der Waals surface area contributed by atoms with Crippen LogP contribution in [0.2, 0.25) is 0 Å². The molecule has 20 heavy (non-hydrogen) atoms. The molecular formula is C12H9IN4O2S. The monoisotopic (exact) mass is 400 g/mol. The molecule has 0 saturated carbocycles. The topological polar surface area (TPSA) is 69.9 Å². The highest BCUT2D eigenvalue weighted by molar-refractivity contribution is 14.1. The molecule has 0 aliphatic heterocycles. The zero-order valence-electron chi connectivity index (χ0n) is 10.4. The first kappa shape index (κ1) is 13.4. The molecule has 0 fully saturated rings. The van der Waals surface area contributed by atoms with Crippen LogP contribution in [0.4, 0.5) is 0 Å². The summed E-state index contributed by atoms with van der Waals surface area (Å²) >= 11 is 3.48. The molecule has 0 amide bonds. The number of carbonyl (C=O) groups is 1. The molecule has 0 bridgehead atoms. The van der Waals surface area contributed by atoms with E-state index in [1.165, 1.54) is 11.3 Å². The van der Waals surface area contributed by atoms with Gasteiger partial charge in [0, 0.05) is 11.6 Å². The van der Waals surface area contributed by atoms with Crippen molar-refractivity contribution in [1.82, 2.24) is 19.7 Å². The SMILES string of the molecule is CCOC(=O)c1csc(-n2nc(I)c3cccnc32)n1. The molecule has 3 aromatic heterocycles. The van der Waals surface area contributed by atoms with Crippen LogP contribution in [-0.2, 0) is 4.74 Å². The molecule has 3 rings (SSSR count). The lowest BCUT2D eigenvalue weighted by atomic mass is 10.4. The Hall–Kier alpha value is -1.55. The predicted molar refractivity (Wildman–Crippen MR) is 83.2 cm³/mol. The minimum absolute atomic E-state index is 0.293. The molecule has 0 aliphatic carbocycles. The van der Waals surface area contributed by atoms with Gasteiger partial charge >= 0.3 is 5.97 Å². The number of hydrogen-bond donors (Lipinski definition) is 0. The molecule has 3 aromatic rings. The summed E-state index contributed by atoms with van der Waals surface area (Å²) in [5.41, 5.74) is 1.02. The van der Waals surface area contributed by atoms with E-state index in [2.05, 4.69) is 37.7 Å². The molecule has 3 heterocycles. The van der Waals surface area contributed by atoms with E-state index < -0.39 is 5.97 Å². The van der Waals surface area contributed by atoms with Gasteiger partial charge in [-0.15, -0.1) is 11.3 Å². The lowest BCUT2D eigenvalue weighted by molar-refractivity contribution is 0.0520. The number of rotatable bonds is 3. The number of halogens is 1. The Kier molecular flexibility index (Phi) is 3.66. The zero-order chi connectivity index (χ0) is 14.1. The lowest BCUT2D eigenvalue weighted by Crippen LogP contribution is -2.06. The van der Waals surface area contributed by atoms with Crippen LogP contribution in [0.25, 0.3) is 16.2 Å². The first-order valence-corrected chi connectivity index (χ1v) is 7.79. The van der Waals surface area contributed by atoms with Crippen molar-refractivity contribution >= 4 is 50.9 Å². The molecule has 8 heteroatoms. The number of nitrogens with zero attached hydrogens (tertiary/aromatic N) is 4. The molecular weight excluding hydrogens is 391 g/mol. The quantitative estimate of drug-likeness (QED) is 0.500. The molecule has 102 valence electrons. The number of thiazole rings is 1. The summed E-state index contributed by atoms with van der Waals surface area (Å²) in [6.45, 7) is 2.09. The first-order valence-electron chi connectivity index (χ1n) is 5.83. The van der Waals surface area contributed by atoms with Crippen molar-refractivity contribution in [3.8, 4) is 5.13 Å². The van der Waals surface area contributed by atoms with Crippen molar-refractivity contribution in [3.63, 3.8) is 0 Å². The number of esters is 1. The van der Waals surface area contributed by atoms with E-state index in [1.54, 1.807) is 23.2 Å². The Balaban J connectivity index is 2.06. The second-order valence-corrected chi connectivity index (χ2v) is 5.67. The van der Waals surface area contributed by atoms with Crippen molar-refractivity contribution in [2.45, 2.75) is 6.92 Å². The van der Waals surface area contributed by atoms with Gasteiger partial charge in [0.25, 0.3) is 0 Å². The molecule has 0 N–H and O–H groups in total. The maximum atomic E-state index is 11.6. The maximum Gasteiger partial charge on any atom is 0.357 e. The van der Waals surface area contributed by atoms with Gasteiger partial charge in [0.05, 0.1) is 12.0 Å². The van der Waals surface area contributed by atoms with Crippen molar-refractivity contribution < 1.29 is 9.53 Å². The smallest absolute Gasteiger partial charge is 0.357 e. The average molecular weight is 400 g/mol. The van der Waals surface area contributed by atoms with Gasteiger partial charge in [-0.25, -0.2) is 14.8 Å². The van der Waals surface area contributed by atoms with Crippen molar-refractivity contribution in [1.29, 1.82) is 0 Å². The summed E-state index contributed by atoms with van der Waals surface area (Å²) in [4.78, 5) is 20.2. The number of ether oxygens (including phenoxy) is 1. The highest BCUT2D eigenvalue weighted by atomic mass is 127. The second-order valence-electron chi connectivity index (χ2n) is 3.81. The maximum absolute atomic E-state index is 11.6. The highest BCUT2D eigenvalue weighted by Gasteiger charge is 2.16. The summed E-state index contributed by atoms with van der Waals surface area (Å²) in [5, 5.41) is 7.63. The summed E-state index contributed by atoms with van der Waals surface area (Å²) < 4.78 is 7.42. The van der Waals surface area contributed by atoms with Gasteiger partial charge in [-0.3, -0.25) is 0 Å². The summed E-state index contributed by atoms with van der Waals surface area (Å²) in [5.74, 6) is -0.422. The summed E-state index contributed by atoms with van der Waals surface area (Å²) in [7, 11) is 0. The Morgan fingerprint density at radius 3 is 3.20 bits per heavy atom. The molecule has 0 radical (unpaired) electrons. The number of pyridine rings is 1. The molecule has 0 atom stereocenters. The number of carbonyl (C=O) groups excluding carboxylic acids is 1. The summed E-state index contributed by atoms with van der Waals surface area (Å²) in [6, 6.07) is 3.82. The molecule has 0 saturated heterocycles. The highest BCUT2D eigenvalue weighted by Crippen LogP contribution is 2.23. The standard InChI is InChI=1S/C12H9IN4O2S/c1-2-19-11(18)8-6-20-12(15-8)17-10-7(9(13)16-17)4-3-5-14-10/h3-6H,2H2,1H3. The molecule has 6 nitrogen and oxygen atoms in total. The van der Waals surface area contributed by atoms with Crippen LogP contribution in [-0.4, -0.2) is 32.3 Å². The third kappa shape index (κ3) is 2.29. The third-order valence-corrected chi connectivity index (χ3v) is 4.17. The van der Waals surface area contributed by atoms with Crippen molar-refractivity contribution in [2.75, 3.05) is 6.61 Å². The number of hydrogen-bond acceptors (Lipinski definition) is 6. The van der Waals surface area contributed by atoms with Gasteiger partial charge in [-0.2, -0.15) is 9.78 Å². The first-order chi connectivity index (χ1) is 9.70. The number of aromatic nitrogens is 4. The van der Waals surface area contributed by atoms with Crippen LogP contribution in [0, 0.1) is 3.70 Å². The fourth-order valence-corrected chi connectivity index (χ4v) is 3.09. The van der Waals surface area contributed by atoms with E-state index in [4.69, 9.17) is 4.74 Å². The minimum atomic E-state index is -0.422. The van der Waals surface area contributed by atoms with E-state index in [1.807, 2.05) is 12.1 Å². The Morgan fingerprint density at radius 1 is 1.55 bits per heavy atom. The summed E-state index contributed by atoms with van der Waals surface area (Å²) in [6.07, 6.45) is 1.70. The second kappa shape index (κ2) is 5.44. The van der Waals surface area contributed by atoms with Gasteiger partial charge in [0.1, 0.15) is 3.70 Å². The molecule has 0 spiro atoms. The van der Waals surface area contributed by atoms with Crippen LogP contribution >= 0.6 is 33.9 Å². The van der Waals surface area contributed by atoms with Gasteiger partial charge in [0.15, 0.2) is 11.3 Å². The van der Waals surface area contributed by atoms with Crippen molar-refractivity contribution in [2.24, 2.45) is 0 Å². The van der Waals surface area contributed by atoms with Crippen LogP contribution in [0.1, 0.15) is 17.4 Å². The van der Waals surface area contributed by atoms with Crippen LogP contribution in [0.3, 0.4) is 0 Å². The largest absolute Gasteiger partial charge is 0.461 e. The van der Waals surface area contributed by atoms with Crippen molar-refractivity contribution in [3.05, 3.63) is 33.1 Å². The van der Waals surface area contributed by atoms with Gasteiger partial charge in [-0.1, -0.05) is 0 Å². The van der Waals surface area contributed by atoms with E-state index in [-0.39, 0.29) is 0 Å². The average Bonchev–Trinajstić information content (AvgIpc) is 3.05. The fraction of sp³-hybridized carbons (Fsp3) is 0.167. The van der Waals surface area contributed by atoms with Crippen LogP contribution in [0.5, 0.6) is 0 Å². The van der Waals surface area contributed by atoms with Gasteiger partial charge < -0.3 is 4.74 Å². The predicted octanol–water partition coefficient (Wildman–Crippen LogP) is 2.66.